The van der Waals surface area contributed by atoms with Crippen molar-refractivity contribution < 1.29 is 9.90 Å². The van der Waals surface area contributed by atoms with Crippen molar-refractivity contribution in [3.8, 4) is 0 Å². The van der Waals surface area contributed by atoms with E-state index in [1.807, 2.05) is 49.2 Å². The van der Waals surface area contributed by atoms with Crippen LogP contribution in [0.3, 0.4) is 0 Å². The van der Waals surface area contributed by atoms with Gasteiger partial charge in [-0.05, 0) is 31.7 Å². The van der Waals surface area contributed by atoms with E-state index in [9.17, 15) is 9.90 Å². The smallest absolute Gasteiger partial charge is 0.257 e. The maximum atomic E-state index is 12.8. The van der Waals surface area contributed by atoms with Gasteiger partial charge in [0.2, 0.25) is 0 Å². The summed E-state index contributed by atoms with van der Waals surface area (Å²) in [6, 6.07) is 9.72. The molecule has 5 nitrogen and oxygen atoms in total. The van der Waals surface area contributed by atoms with Crippen molar-refractivity contribution in [2.24, 2.45) is 7.05 Å². The maximum Gasteiger partial charge on any atom is 0.257 e. The highest BCUT2D eigenvalue weighted by molar-refractivity contribution is 5.95. The zero-order valence-electron chi connectivity index (χ0n) is 13.6. The van der Waals surface area contributed by atoms with Gasteiger partial charge in [0.1, 0.15) is 0 Å². The van der Waals surface area contributed by atoms with Gasteiger partial charge in [-0.3, -0.25) is 9.48 Å². The summed E-state index contributed by atoms with van der Waals surface area (Å²) in [7, 11) is 1.84. The second-order valence-electron chi connectivity index (χ2n) is 6.22. The van der Waals surface area contributed by atoms with Crippen LogP contribution in [0.25, 0.3) is 0 Å². The molecule has 1 aromatic heterocycles. The molecule has 5 heteroatoms. The molecule has 1 N–H and O–H groups in total. The van der Waals surface area contributed by atoms with Gasteiger partial charge in [0.25, 0.3) is 5.91 Å². The number of hydrogen-bond donors (Lipinski definition) is 1. The molecule has 3 rings (SSSR count). The molecule has 1 saturated heterocycles. The van der Waals surface area contributed by atoms with E-state index in [0.717, 1.165) is 30.6 Å². The van der Waals surface area contributed by atoms with E-state index in [1.54, 1.807) is 10.9 Å². The van der Waals surface area contributed by atoms with E-state index in [2.05, 4.69) is 5.10 Å². The molecule has 122 valence electrons. The molecular formula is C18H23N3O2. The van der Waals surface area contributed by atoms with Gasteiger partial charge >= 0.3 is 0 Å². The van der Waals surface area contributed by atoms with Crippen molar-refractivity contribution in [1.82, 2.24) is 14.7 Å². The van der Waals surface area contributed by atoms with Crippen molar-refractivity contribution in [2.45, 2.75) is 38.3 Å². The summed E-state index contributed by atoms with van der Waals surface area (Å²) >= 11 is 0. The third-order valence-corrected chi connectivity index (χ3v) is 4.78. The Morgan fingerprint density at radius 1 is 1.39 bits per heavy atom. The molecule has 0 spiro atoms. The first-order chi connectivity index (χ1) is 11.1. The number of rotatable bonds is 4. The molecule has 1 aliphatic rings. The van der Waals surface area contributed by atoms with Crippen LogP contribution in [0.5, 0.6) is 0 Å². The largest absolute Gasteiger partial charge is 0.388 e. The van der Waals surface area contributed by atoms with Crippen molar-refractivity contribution in [3.05, 3.63) is 53.3 Å². The third-order valence-electron chi connectivity index (χ3n) is 4.78. The Hall–Kier alpha value is -2.14. The first-order valence-corrected chi connectivity index (χ1v) is 8.10. The van der Waals surface area contributed by atoms with Crippen LogP contribution in [-0.4, -0.2) is 38.3 Å². The van der Waals surface area contributed by atoms with Crippen molar-refractivity contribution >= 4 is 5.91 Å². The molecule has 1 aromatic carbocycles. The predicted molar refractivity (Wildman–Crippen MR) is 88.0 cm³/mol. The highest BCUT2D eigenvalue weighted by atomic mass is 16.3. The zero-order chi connectivity index (χ0) is 16.4. The Balaban J connectivity index is 1.73. The van der Waals surface area contributed by atoms with Gasteiger partial charge in [-0.15, -0.1) is 0 Å². The number of benzene rings is 1. The van der Waals surface area contributed by atoms with Crippen LogP contribution in [0.4, 0.5) is 0 Å². The monoisotopic (exact) mass is 313 g/mol. The van der Waals surface area contributed by atoms with Crippen LogP contribution in [0, 0.1) is 6.92 Å². The van der Waals surface area contributed by atoms with Crippen LogP contribution in [-0.2, 0) is 7.05 Å². The SMILES string of the molecule is Cc1c(C(=O)N2CCCC2CC(O)c2ccccc2)cnn1C. The molecule has 1 fully saturated rings. The van der Waals surface area contributed by atoms with E-state index < -0.39 is 6.10 Å². The number of aliphatic hydroxyl groups excluding tert-OH is 1. The lowest BCUT2D eigenvalue weighted by Gasteiger charge is -2.26. The van der Waals surface area contributed by atoms with Gasteiger partial charge in [-0.25, -0.2) is 0 Å². The van der Waals surface area contributed by atoms with Crippen molar-refractivity contribution in [1.29, 1.82) is 0 Å². The van der Waals surface area contributed by atoms with E-state index in [0.29, 0.717) is 12.0 Å². The Labute approximate surface area is 136 Å². The second kappa shape index (κ2) is 6.54. The standard InChI is InChI=1S/C18H23N3O2/c1-13-16(12-19-20(13)2)18(23)21-10-6-9-15(21)11-17(22)14-7-4-3-5-8-14/h3-5,7-8,12,15,17,22H,6,9-11H2,1-2H3. The van der Waals surface area contributed by atoms with E-state index >= 15 is 0 Å². The summed E-state index contributed by atoms with van der Waals surface area (Å²) < 4.78 is 1.72. The Kier molecular flexibility index (Phi) is 4.48. The van der Waals surface area contributed by atoms with Crippen molar-refractivity contribution in [2.75, 3.05) is 6.54 Å². The molecule has 1 amide bonds. The lowest BCUT2D eigenvalue weighted by Crippen LogP contribution is -2.36. The topological polar surface area (TPSA) is 58.4 Å². The van der Waals surface area contributed by atoms with E-state index in [-0.39, 0.29) is 11.9 Å². The van der Waals surface area contributed by atoms with Crippen LogP contribution >= 0.6 is 0 Å². The average molecular weight is 313 g/mol. The molecule has 0 saturated carbocycles. The number of aliphatic hydroxyl groups is 1. The molecule has 0 radical (unpaired) electrons. The van der Waals surface area contributed by atoms with Gasteiger partial charge in [-0.1, -0.05) is 30.3 Å². The Morgan fingerprint density at radius 2 is 2.13 bits per heavy atom. The quantitative estimate of drug-likeness (QED) is 0.943. The molecule has 23 heavy (non-hydrogen) atoms. The Morgan fingerprint density at radius 3 is 2.78 bits per heavy atom. The van der Waals surface area contributed by atoms with E-state index in [4.69, 9.17) is 0 Å². The number of hydrogen-bond acceptors (Lipinski definition) is 3. The van der Waals surface area contributed by atoms with Gasteiger partial charge in [0.05, 0.1) is 17.9 Å². The van der Waals surface area contributed by atoms with Crippen LogP contribution in [0.2, 0.25) is 0 Å². The van der Waals surface area contributed by atoms with Gasteiger partial charge in [-0.2, -0.15) is 5.10 Å². The number of aromatic nitrogens is 2. The summed E-state index contributed by atoms with van der Waals surface area (Å²) in [5.74, 6) is 0.0263. The fourth-order valence-corrected chi connectivity index (χ4v) is 3.28. The molecular weight excluding hydrogens is 290 g/mol. The molecule has 2 aromatic rings. The van der Waals surface area contributed by atoms with Gasteiger partial charge in [0.15, 0.2) is 0 Å². The summed E-state index contributed by atoms with van der Waals surface area (Å²) in [6.45, 7) is 2.66. The molecule has 2 atom stereocenters. The summed E-state index contributed by atoms with van der Waals surface area (Å²) in [6.07, 6.45) is 3.60. The average Bonchev–Trinajstić information content (AvgIpc) is 3.15. The highest BCUT2D eigenvalue weighted by Gasteiger charge is 2.32. The number of likely N-dealkylation sites (tertiary alicyclic amines) is 1. The normalized spacial score (nSPS) is 19.1. The Bertz CT molecular complexity index is 681. The van der Waals surface area contributed by atoms with Crippen LogP contribution in [0.15, 0.2) is 36.5 Å². The number of amides is 1. The first kappa shape index (κ1) is 15.7. The number of carbonyl (C=O) groups is 1. The lowest BCUT2D eigenvalue weighted by molar-refractivity contribution is 0.0666. The summed E-state index contributed by atoms with van der Waals surface area (Å²) in [5, 5.41) is 14.6. The number of aryl methyl sites for hydroxylation is 1. The molecule has 0 bridgehead atoms. The molecule has 2 heterocycles. The van der Waals surface area contributed by atoms with Gasteiger partial charge in [0, 0.05) is 25.3 Å². The number of nitrogens with zero attached hydrogens (tertiary/aromatic N) is 3. The minimum atomic E-state index is -0.537. The fourth-order valence-electron chi connectivity index (χ4n) is 3.28. The van der Waals surface area contributed by atoms with Crippen LogP contribution < -0.4 is 0 Å². The maximum absolute atomic E-state index is 12.8. The molecule has 0 aliphatic carbocycles. The van der Waals surface area contributed by atoms with Gasteiger partial charge < -0.3 is 10.0 Å². The summed E-state index contributed by atoms with van der Waals surface area (Å²) in [5.41, 5.74) is 2.45. The van der Waals surface area contributed by atoms with Crippen LogP contribution in [0.1, 0.15) is 47.0 Å². The van der Waals surface area contributed by atoms with Crippen molar-refractivity contribution in [3.63, 3.8) is 0 Å². The predicted octanol–water partition coefficient (Wildman–Crippen LogP) is 2.46. The fraction of sp³-hybridized carbons (Fsp3) is 0.444. The zero-order valence-corrected chi connectivity index (χ0v) is 13.6. The highest BCUT2D eigenvalue weighted by Crippen LogP contribution is 2.29. The minimum Gasteiger partial charge on any atom is -0.388 e. The molecule has 1 aliphatic heterocycles. The second-order valence-corrected chi connectivity index (χ2v) is 6.22. The number of carbonyl (C=O) groups excluding carboxylic acids is 1. The summed E-state index contributed by atoms with van der Waals surface area (Å²) in [4.78, 5) is 14.7. The lowest BCUT2D eigenvalue weighted by atomic mass is 10.0. The molecule has 2 unspecified atom stereocenters. The first-order valence-electron chi connectivity index (χ1n) is 8.10. The minimum absolute atomic E-state index is 0.0263. The van der Waals surface area contributed by atoms with E-state index in [1.165, 1.54) is 0 Å². The third kappa shape index (κ3) is 3.15.